The van der Waals surface area contributed by atoms with Gasteiger partial charge in [-0.1, -0.05) is 93.1 Å². The highest BCUT2D eigenvalue weighted by Crippen LogP contribution is 2.53. The molecule has 3 N–H and O–H groups in total. The van der Waals surface area contributed by atoms with Gasteiger partial charge >= 0.3 is 13.7 Å². The molecule has 1 fully saturated rings. The first-order valence-electron chi connectivity index (χ1n) is 17.3. The molecule has 272 valence electrons. The molecule has 3 amide bonds. The van der Waals surface area contributed by atoms with E-state index in [1.54, 1.807) is 57.0 Å². The molecule has 4 atom stereocenters. The summed E-state index contributed by atoms with van der Waals surface area (Å²) in [6.45, 7) is 5.52. The smallest absolute Gasteiger partial charge is 0.408 e. The van der Waals surface area contributed by atoms with Crippen LogP contribution < -0.4 is 10.6 Å². The van der Waals surface area contributed by atoms with E-state index in [0.717, 1.165) is 43.2 Å². The van der Waals surface area contributed by atoms with Crippen molar-refractivity contribution in [2.45, 2.75) is 96.7 Å². The van der Waals surface area contributed by atoms with Crippen LogP contribution in [0.15, 0.2) is 54.6 Å². The van der Waals surface area contributed by atoms with Gasteiger partial charge in [-0.2, -0.15) is 0 Å². The van der Waals surface area contributed by atoms with E-state index in [1.165, 1.54) is 0 Å². The number of aliphatic hydroxyl groups excluding tert-OH is 1. The number of alkyl carbamates (subject to hydrolysis) is 1. The average Bonchev–Trinajstić information content (AvgIpc) is 3.09. The Morgan fingerprint density at radius 1 is 1.00 bits per heavy atom. The summed E-state index contributed by atoms with van der Waals surface area (Å²) in [5.41, 5.74) is 1.85. The van der Waals surface area contributed by atoms with Crippen molar-refractivity contribution in [2.75, 3.05) is 26.8 Å². The van der Waals surface area contributed by atoms with Crippen molar-refractivity contribution >= 4 is 37.1 Å². The van der Waals surface area contributed by atoms with E-state index >= 15 is 0 Å². The van der Waals surface area contributed by atoms with Crippen LogP contribution in [-0.2, 0) is 40.9 Å². The second-order valence-corrected chi connectivity index (χ2v) is 15.2. The van der Waals surface area contributed by atoms with Gasteiger partial charge in [0.25, 0.3) is 5.91 Å². The predicted molar refractivity (Wildman–Crippen MR) is 190 cm³/mol. The highest BCUT2D eigenvalue weighted by atomic mass is 35.5. The van der Waals surface area contributed by atoms with E-state index in [1.807, 2.05) is 30.3 Å². The summed E-state index contributed by atoms with van der Waals surface area (Å²) < 4.78 is 30.3. The first-order chi connectivity index (χ1) is 23.4. The summed E-state index contributed by atoms with van der Waals surface area (Å²) in [7, 11) is -2.44. The Kier molecular flexibility index (Phi) is 17.1. The van der Waals surface area contributed by atoms with Crippen molar-refractivity contribution < 1.29 is 37.8 Å². The van der Waals surface area contributed by atoms with Crippen LogP contribution in [0.3, 0.4) is 0 Å². The molecule has 13 heteroatoms. The Labute approximate surface area is 295 Å². The quantitative estimate of drug-likeness (QED) is 0.136. The van der Waals surface area contributed by atoms with Crippen LogP contribution in [0.1, 0.15) is 76.8 Å². The van der Waals surface area contributed by atoms with Crippen LogP contribution in [-0.4, -0.2) is 72.7 Å². The lowest BCUT2D eigenvalue weighted by Gasteiger charge is -2.33. The number of hydrogen-bond donors (Lipinski definition) is 3. The molecule has 49 heavy (non-hydrogen) atoms. The fraction of sp³-hybridized carbons (Fsp3) is 0.583. The van der Waals surface area contributed by atoms with Crippen molar-refractivity contribution in [2.24, 2.45) is 11.8 Å². The number of amides is 3. The van der Waals surface area contributed by atoms with E-state index in [2.05, 4.69) is 10.6 Å². The maximum absolute atomic E-state index is 14.0. The van der Waals surface area contributed by atoms with Gasteiger partial charge in [-0.25, -0.2) is 4.79 Å². The molecular weight excluding hydrogens is 669 g/mol. The van der Waals surface area contributed by atoms with Crippen LogP contribution in [0.25, 0.3) is 0 Å². The molecule has 1 aliphatic rings. The number of nitrogens with zero attached hydrogens (tertiary/aromatic N) is 1. The monoisotopic (exact) mass is 721 g/mol. The van der Waals surface area contributed by atoms with Crippen molar-refractivity contribution in [3.63, 3.8) is 0 Å². The maximum atomic E-state index is 14.0. The van der Waals surface area contributed by atoms with Gasteiger partial charge in [-0.05, 0) is 62.3 Å². The molecule has 0 saturated heterocycles. The summed E-state index contributed by atoms with van der Waals surface area (Å²) >= 11 is 6.07. The molecule has 2 aromatic rings. The summed E-state index contributed by atoms with van der Waals surface area (Å²) in [6.07, 6.45) is 3.83. The first kappa shape index (κ1) is 40.5. The minimum Gasteiger partial charge on any atom is -0.436 e. The third-order valence-electron chi connectivity index (χ3n) is 8.75. The highest BCUT2D eigenvalue weighted by molar-refractivity contribution is 7.54. The lowest BCUT2D eigenvalue weighted by molar-refractivity contribution is -0.136. The molecule has 2 aromatic carbocycles. The van der Waals surface area contributed by atoms with Crippen molar-refractivity contribution in [3.05, 3.63) is 70.7 Å². The van der Waals surface area contributed by atoms with Crippen LogP contribution in [0, 0.1) is 11.8 Å². The zero-order valence-electron chi connectivity index (χ0n) is 29.1. The molecule has 1 aliphatic carbocycles. The van der Waals surface area contributed by atoms with Crippen molar-refractivity contribution in [3.8, 4) is 0 Å². The molecule has 11 nitrogen and oxygen atoms in total. The van der Waals surface area contributed by atoms with Crippen LogP contribution in [0.2, 0.25) is 5.02 Å². The van der Waals surface area contributed by atoms with Gasteiger partial charge in [-0.15, -0.1) is 0 Å². The summed E-state index contributed by atoms with van der Waals surface area (Å²) in [4.78, 5) is 42.0. The second-order valence-electron chi connectivity index (χ2n) is 12.7. The van der Waals surface area contributed by atoms with E-state index in [9.17, 15) is 24.1 Å². The zero-order chi connectivity index (χ0) is 35.8. The summed E-state index contributed by atoms with van der Waals surface area (Å²) in [5, 5.41) is 17.5. The van der Waals surface area contributed by atoms with Crippen molar-refractivity contribution in [1.29, 1.82) is 0 Å². The Morgan fingerprint density at radius 3 is 2.29 bits per heavy atom. The number of likely N-dealkylation sites (N-methyl/N-ethyl adjacent to an activating group) is 1. The predicted octanol–water partition coefficient (Wildman–Crippen LogP) is 6.70. The molecule has 0 bridgehead atoms. The number of carbonyl (C=O) groups excluding carboxylic acids is 3. The van der Waals surface area contributed by atoms with Gasteiger partial charge in [0.15, 0.2) is 11.9 Å². The Balaban J connectivity index is 1.79. The maximum Gasteiger partial charge on any atom is 0.408 e. The van der Waals surface area contributed by atoms with Crippen LogP contribution in [0.4, 0.5) is 4.79 Å². The summed E-state index contributed by atoms with van der Waals surface area (Å²) in [6, 6.07) is 15.6. The highest BCUT2D eigenvalue weighted by Gasteiger charge is 2.43. The zero-order valence-corrected chi connectivity index (χ0v) is 30.8. The molecule has 3 rings (SSSR count). The number of hydrogen-bond acceptors (Lipinski definition) is 8. The Morgan fingerprint density at radius 2 is 1.65 bits per heavy atom. The minimum atomic E-state index is -4.14. The molecule has 1 saturated carbocycles. The topological polar surface area (TPSA) is 144 Å². The van der Waals surface area contributed by atoms with E-state index in [4.69, 9.17) is 25.4 Å². The largest absolute Gasteiger partial charge is 0.436 e. The number of halogens is 1. The second kappa shape index (κ2) is 20.7. The third kappa shape index (κ3) is 13.4. The Bertz CT molecular complexity index is 1370. The number of carbonyl (C=O) groups is 3. The van der Waals surface area contributed by atoms with Crippen LogP contribution >= 0.6 is 19.2 Å². The van der Waals surface area contributed by atoms with E-state index in [-0.39, 0.29) is 44.4 Å². The number of nitrogens with one attached hydrogen (secondary N) is 2. The van der Waals surface area contributed by atoms with E-state index < -0.39 is 43.5 Å². The first-order valence-corrected chi connectivity index (χ1v) is 19.3. The lowest BCUT2D eigenvalue weighted by Crippen LogP contribution is -2.51. The van der Waals surface area contributed by atoms with E-state index in [0.29, 0.717) is 18.0 Å². The Hall–Kier alpha value is -2.95. The van der Waals surface area contributed by atoms with Gasteiger partial charge < -0.3 is 34.4 Å². The SMILES string of the molecule is CCOP(=O)(OCC)C(O)[C@H](CC(C)C(=O)N(C)CCc1ccccc1)NC(=O)[C@H](CC1CCCCC1)OC(=O)NCc1cccc(Cl)c1. The number of benzene rings is 2. The van der Waals surface area contributed by atoms with Gasteiger partial charge in [-0.3, -0.25) is 14.2 Å². The molecule has 0 aromatic heterocycles. The molecule has 0 radical (unpaired) electrons. The lowest BCUT2D eigenvalue weighted by atomic mass is 9.85. The molecule has 0 heterocycles. The van der Waals surface area contributed by atoms with Crippen LogP contribution in [0.5, 0.6) is 0 Å². The van der Waals surface area contributed by atoms with Gasteiger partial charge in [0.05, 0.1) is 19.3 Å². The minimum absolute atomic E-state index is 0.00801. The normalized spacial score (nSPS) is 16.2. The van der Waals surface area contributed by atoms with Crippen molar-refractivity contribution in [1.82, 2.24) is 15.5 Å². The molecular formula is C36H53ClN3O8P. The number of aliphatic hydroxyl groups is 1. The average molecular weight is 722 g/mol. The fourth-order valence-corrected chi connectivity index (χ4v) is 8.09. The van der Waals surface area contributed by atoms with Gasteiger partial charge in [0.2, 0.25) is 5.91 Å². The van der Waals surface area contributed by atoms with Gasteiger partial charge in [0, 0.05) is 31.1 Å². The molecule has 0 spiro atoms. The number of rotatable bonds is 19. The van der Waals surface area contributed by atoms with Gasteiger partial charge in [0.1, 0.15) is 0 Å². The third-order valence-corrected chi connectivity index (χ3v) is 11.2. The fourth-order valence-electron chi connectivity index (χ4n) is 6.14. The number of ether oxygens (including phenoxy) is 1. The standard InChI is InChI=1S/C36H53ClN3O8P/c1-5-46-49(45,47-6-2)35(43)31(22-26(3)34(42)40(4)21-20-27-14-9-7-10-15-27)39-33(41)32(24-28-16-11-8-12-17-28)48-36(44)38-25-29-18-13-19-30(37)23-29/h7,9-10,13-15,18-19,23,26,28,31-32,35,43H,5-6,8,11-12,16-17,20-22,24-25H2,1-4H3,(H,38,44)(H,39,41)/t26?,31-,32-,35?/m0/s1. The molecule has 2 unspecified atom stereocenters. The molecule has 0 aliphatic heterocycles. The summed E-state index contributed by atoms with van der Waals surface area (Å²) in [5.74, 6) is -3.18.